The molecule has 0 bridgehead atoms. The number of aliphatic hydroxyl groups is 1. The molecule has 0 unspecified atom stereocenters. The molecule has 0 aromatic carbocycles. The molecule has 0 fully saturated rings. The van der Waals surface area contributed by atoms with Crippen molar-refractivity contribution < 1.29 is 9.84 Å². The molecule has 0 spiro atoms. The van der Waals surface area contributed by atoms with E-state index in [-0.39, 0.29) is 6.61 Å². The SMILES string of the molecule is Nc1cnn(CCOCCO)c1. The zero-order chi connectivity index (χ0) is 8.81. The van der Waals surface area contributed by atoms with Crippen LogP contribution in [0.25, 0.3) is 0 Å². The number of ether oxygens (including phenoxy) is 1. The van der Waals surface area contributed by atoms with Crippen LogP contribution >= 0.6 is 0 Å². The summed E-state index contributed by atoms with van der Waals surface area (Å²) in [6.07, 6.45) is 3.33. The van der Waals surface area contributed by atoms with Crippen molar-refractivity contribution in [1.82, 2.24) is 9.78 Å². The lowest BCUT2D eigenvalue weighted by Crippen LogP contribution is -2.08. The van der Waals surface area contributed by atoms with Crippen LogP contribution in [0.4, 0.5) is 5.69 Å². The Hall–Kier alpha value is -1.07. The molecule has 0 amide bonds. The summed E-state index contributed by atoms with van der Waals surface area (Å²) in [5.74, 6) is 0. The summed E-state index contributed by atoms with van der Waals surface area (Å²) in [7, 11) is 0. The second-order valence-corrected chi connectivity index (χ2v) is 2.37. The maximum atomic E-state index is 8.40. The molecular weight excluding hydrogens is 158 g/mol. The highest BCUT2D eigenvalue weighted by Gasteiger charge is 1.93. The first-order valence-electron chi connectivity index (χ1n) is 3.79. The van der Waals surface area contributed by atoms with E-state index in [1.807, 2.05) is 0 Å². The Labute approximate surface area is 70.7 Å². The van der Waals surface area contributed by atoms with Gasteiger partial charge in [-0.05, 0) is 0 Å². The van der Waals surface area contributed by atoms with E-state index in [4.69, 9.17) is 15.6 Å². The van der Waals surface area contributed by atoms with Gasteiger partial charge >= 0.3 is 0 Å². The van der Waals surface area contributed by atoms with Gasteiger partial charge in [-0.2, -0.15) is 5.10 Å². The van der Waals surface area contributed by atoms with Crippen LogP contribution in [0.3, 0.4) is 0 Å². The van der Waals surface area contributed by atoms with Crippen LogP contribution in [0.2, 0.25) is 0 Å². The summed E-state index contributed by atoms with van der Waals surface area (Å²) in [6.45, 7) is 1.64. The van der Waals surface area contributed by atoms with Crippen molar-refractivity contribution >= 4 is 5.69 Å². The molecule has 0 aliphatic heterocycles. The molecule has 1 aromatic heterocycles. The van der Waals surface area contributed by atoms with E-state index in [0.717, 1.165) is 0 Å². The first-order chi connectivity index (χ1) is 5.83. The van der Waals surface area contributed by atoms with Crippen molar-refractivity contribution in [2.45, 2.75) is 6.54 Å². The van der Waals surface area contributed by atoms with Crippen LogP contribution in [0.15, 0.2) is 12.4 Å². The number of anilines is 1. The van der Waals surface area contributed by atoms with Gasteiger partial charge in [0.2, 0.25) is 0 Å². The smallest absolute Gasteiger partial charge is 0.0719 e. The van der Waals surface area contributed by atoms with Gasteiger partial charge in [0, 0.05) is 6.20 Å². The Kier molecular flexibility index (Phi) is 3.56. The number of nitrogens with two attached hydrogens (primary N) is 1. The summed E-state index contributed by atoms with van der Waals surface area (Å²) in [5.41, 5.74) is 6.09. The molecular formula is C7H13N3O2. The lowest BCUT2D eigenvalue weighted by atomic mass is 10.6. The third kappa shape index (κ3) is 2.89. The molecule has 0 radical (unpaired) electrons. The zero-order valence-electron chi connectivity index (χ0n) is 6.81. The fourth-order valence-electron chi connectivity index (χ4n) is 0.827. The minimum atomic E-state index is 0.0568. The third-order valence-corrected chi connectivity index (χ3v) is 1.35. The van der Waals surface area contributed by atoms with Crippen molar-refractivity contribution in [3.05, 3.63) is 12.4 Å². The van der Waals surface area contributed by atoms with Gasteiger partial charge < -0.3 is 15.6 Å². The highest BCUT2D eigenvalue weighted by atomic mass is 16.5. The van der Waals surface area contributed by atoms with Crippen molar-refractivity contribution in [3.8, 4) is 0 Å². The van der Waals surface area contributed by atoms with Gasteiger partial charge in [0.1, 0.15) is 0 Å². The Morgan fingerprint density at radius 3 is 3.00 bits per heavy atom. The van der Waals surface area contributed by atoms with Crippen LogP contribution in [0.1, 0.15) is 0 Å². The summed E-state index contributed by atoms with van der Waals surface area (Å²) >= 11 is 0. The van der Waals surface area contributed by atoms with Gasteiger partial charge in [-0.3, -0.25) is 4.68 Å². The van der Waals surface area contributed by atoms with E-state index in [1.165, 1.54) is 0 Å². The standard InChI is InChI=1S/C7H13N3O2/c8-7-5-9-10(6-7)1-3-12-4-2-11/h5-6,11H,1-4,8H2. The molecule has 0 aliphatic rings. The van der Waals surface area contributed by atoms with Gasteiger partial charge in [0.15, 0.2) is 0 Å². The van der Waals surface area contributed by atoms with Gasteiger partial charge in [0.25, 0.3) is 0 Å². The van der Waals surface area contributed by atoms with Crippen molar-refractivity contribution in [2.75, 3.05) is 25.6 Å². The number of hydrogen-bond donors (Lipinski definition) is 2. The molecule has 0 aliphatic carbocycles. The third-order valence-electron chi connectivity index (χ3n) is 1.35. The predicted octanol–water partition coefficient (Wildman–Crippen LogP) is -0.526. The topological polar surface area (TPSA) is 73.3 Å². The molecule has 5 nitrogen and oxygen atoms in total. The maximum absolute atomic E-state index is 8.40. The van der Waals surface area contributed by atoms with Gasteiger partial charge in [0.05, 0.1) is 38.2 Å². The van der Waals surface area contributed by atoms with Crippen LogP contribution in [-0.4, -0.2) is 34.7 Å². The average Bonchev–Trinajstić information content (AvgIpc) is 2.45. The highest BCUT2D eigenvalue weighted by molar-refractivity contribution is 5.30. The minimum Gasteiger partial charge on any atom is -0.396 e. The minimum absolute atomic E-state index is 0.0568. The Morgan fingerprint density at radius 2 is 2.42 bits per heavy atom. The summed E-state index contributed by atoms with van der Waals surface area (Å²) in [4.78, 5) is 0. The van der Waals surface area contributed by atoms with E-state index >= 15 is 0 Å². The normalized spacial score (nSPS) is 10.4. The highest BCUT2D eigenvalue weighted by Crippen LogP contribution is 1.96. The molecule has 1 heterocycles. The molecule has 0 atom stereocenters. The predicted molar refractivity (Wildman–Crippen MR) is 44.5 cm³/mol. The zero-order valence-corrected chi connectivity index (χ0v) is 6.81. The molecule has 68 valence electrons. The summed E-state index contributed by atoms with van der Waals surface area (Å²) in [6, 6.07) is 0. The fraction of sp³-hybridized carbons (Fsp3) is 0.571. The Balaban J connectivity index is 2.15. The van der Waals surface area contributed by atoms with Crippen molar-refractivity contribution in [2.24, 2.45) is 0 Å². The van der Waals surface area contributed by atoms with Crippen LogP contribution < -0.4 is 5.73 Å². The lowest BCUT2D eigenvalue weighted by molar-refractivity contribution is 0.0854. The van der Waals surface area contributed by atoms with Crippen LogP contribution in [0.5, 0.6) is 0 Å². The second kappa shape index (κ2) is 4.74. The molecule has 12 heavy (non-hydrogen) atoms. The van der Waals surface area contributed by atoms with E-state index < -0.39 is 0 Å². The van der Waals surface area contributed by atoms with E-state index in [9.17, 15) is 0 Å². The molecule has 1 aromatic rings. The molecule has 5 heteroatoms. The second-order valence-electron chi connectivity index (χ2n) is 2.37. The van der Waals surface area contributed by atoms with Crippen LogP contribution in [0, 0.1) is 0 Å². The molecule has 1 rings (SSSR count). The fourth-order valence-corrected chi connectivity index (χ4v) is 0.827. The average molecular weight is 171 g/mol. The number of rotatable bonds is 5. The summed E-state index contributed by atoms with van der Waals surface area (Å²) < 4.78 is 6.75. The van der Waals surface area contributed by atoms with Gasteiger partial charge in [-0.25, -0.2) is 0 Å². The molecule has 0 saturated carbocycles. The maximum Gasteiger partial charge on any atom is 0.0719 e. The van der Waals surface area contributed by atoms with Crippen molar-refractivity contribution in [1.29, 1.82) is 0 Å². The lowest BCUT2D eigenvalue weighted by Gasteiger charge is -2.01. The first-order valence-corrected chi connectivity index (χ1v) is 3.79. The quantitative estimate of drug-likeness (QED) is 0.584. The van der Waals surface area contributed by atoms with E-state index in [0.29, 0.717) is 25.4 Å². The monoisotopic (exact) mass is 171 g/mol. The number of aromatic nitrogens is 2. The van der Waals surface area contributed by atoms with Gasteiger partial charge in [-0.15, -0.1) is 0 Å². The first kappa shape index (κ1) is 9.02. The van der Waals surface area contributed by atoms with Crippen LogP contribution in [-0.2, 0) is 11.3 Å². The van der Waals surface area contributed by atoms with Gasteiger partial charge in [-0.1, -0.05) is 0 Å². The number of nitrogens with zero attached hydrogens (tertiary/aromatic N) is 2. The Bertz CT molecular complexity index is 224. The van der Waals surface area contributed by atoms with E-state index in [2.05, 4.69) is 5.10 Å². The summed E-state index contributed by atoms with van der Waals surface area (Å²) in [5, 5.41) is 12.4. The number of hydrogen-bond acceptors (Lipinski definition) is 4. The molecule has 3 N–H and O–H groups in total. The Morgan fingerprint density at radius 1 is 1.58 bits per heavy atom. The number of aliphatic hydroxyl groups excluding tert-OH is 1. The number of nitrogen functional groups attached to an aromatic ring is 1. The molecule has 0 saturated heterocycles. The largest absolute Gasteiger partial charge is 0.396 e. The van der Waals surface area contributed by atoms with Crippen molar-refractivity contribution in [3.63, 3.8) is 0 Å². The van der Waals surface area contributed by atoms with E-state index in [1.54, 1.807) is 17.1 Å².